The van der Waals surface area contributed by atoms with Gasteiger partial charge in [0.25, 0.3) is 0 Å². The van der Waals surface area contributed by atoms with Crippen LogP contribution in [0, 0.1) is 5.92 Å². The average molecular weight is 522 g/mol. The second-order valence-electron chi connectivity index (χ2n) is 9.06. The SMILES string of the molecule is CC(C)CNC(=O)C(C)N(CCc1ccccc1)C(=O)CCCN(c1cccc(Cl)c1)S(C)(=O)=O. The fourth-order valence-electron chi connectivity index (χ4n) is 3.66. The summed E-state index contributed by atoms with van der Waals surface area (Å²) in [5.41, 5.74) is 1.53. The van der Waals surface area contributed by atoms with Crippen molar-refractivity contribution < 1.29 is 18.0 Å². The maximum absolute atomic E-state index is 13.2. The van der Waals surface area contributed by atoms with Crippen LogP contribution in [-0.4, -0.2) is 57.1 Å². The Morgan fingerprint density at radius 3 is 2.29 bits per heavy atom. The molecule has 0 aliphatic carbocycles. The minimum Gasteiger partial charge on any atom is -0.354 e. The van der Waals surface area contributed by atoms with Crippen molar-refractivity contribution in [1.82, 2.24) is 10.2 Å². The van der Waals surface area contributed by atoms with Gasteiger partial charge in [-0.15, -0.1) is 0 Å². The zero-order valence-electron chi connectivity index (χ0n) is 20.9. The molecule has 0 bridgehead atoms. The van der Waals surface area contributed by atoms with Crippen LogP contribution in [0.1, 0.15) is 39.2 Å². The first-order chi connectivity index (χ1) is 16.5. The number of anilines is 1. The highest BCUT2D eigenvalue weighted by Crippen LogP contribution is 2.22. The molecule has 2 amide bonds. The van der Waals surface area contributed by atoms with Crippen LogP contribution in [0.3, 0.4) is 0 Å². The van der Waals surface area contributed by atoms with E-state index in [0.29, 0.717) is 42.6 Å². The van der Waals surface area contributed by atoms with Gasteiger partial charge in [0.1, 0.15) is 6.04 Å². The summed E-state index contributed by atoms with van der Waals surface area (Å²) < 4.78 is 26.0. The third-order valence-electron chi connectivity index (χ3n) is 5.58. The number of hydrogen-bond donors (Lipinski definition) is 1. The molecule has 35 heavy (non-hydrogen) atoms. The van der Waals surface area contributed by atoms with Crippen molar-refractivity contribution in [2.24, 2.45) is 5.92 Å². The molecule has 0 heterocycles. The Kier molecular flexibility index (Phi) is 11.0. The molecular formula is C26H36ClN3O4S. The predicted octanol–water partition coefficient (Wildman–Crippen LogP) is 4.12. The molecule has 0 aliphatic heterocycles. The fourth-order valence-corrected chi connectivity index (χ4v) is 4.80. The van der Waals surface area contributed by atoms with E-state index in [0.717, 1.165) is 11.8 Å². The first-order valence-electron chi connectivity index (χ1n) is 11.8. The number of nitrogens with zero attached hydrogens (tertiary/aromatic N) is 2. The summed E-state index contributed by atoms with van der Waals surface area (Å²) in [6, 6.07) is 15.8. The summed E-state index contributed by atoms with van der Waals surface area (Å²) in [6.07, 6.45) is 2.17. The topological polar surface area (TPSA) is 86.8 Å². The molecule has 1 atom stereocenters. The molecule has 0 fully saturated rings. The zero-order valence-corrected chi connectivity index (χ0v) is 22.5. The van der Waals surface area contributed by atoms with Gasteiger partial charge in [-0.05, 0) is 49.4 Å². The molecule has 9 heteroatoms. The molecule has 2 rings (SSSR count). The van der Waals surface area contributed by atoms with Gasteiger partial charge in [0, 0.05) is 31.1 Å². The van der Waals surface area contributed by atoms with Crippen LogP contribution in [0.25, 0.3) is 0 Å². The lowest BCUT2D eigenvalue weighted by Crippen LogP contribution is -2.49. The lowest BCUT2D eigenvalue weighted by molar-refractivity contribution is -0.140. The maximum Gasteiger partial charge on any atom is 0.242 e. The van der Waals surface area contributed by atoms with E-state index >= 15 is 0 Å². The standard InChI is InChI=1S/C26H36ClN3O4S/c1-20(2)19-28-26(32)21(3)29(17-15-22-10-6-5-7-11-22)25(31)14-9-16-30(35(4,33)34)24-13-8-12-23(27)18-24/h5-8,10-13,18,20-21H,9,14-17,19H2,1-4H3,(H,28,32). The van der Waals surface area contributed by atoms with Gasteiger partial charge in [-0.25, -0.2) is 8.42 Å². The van der Waals surface area contributed by atoms with E-state index in [9.17, 15) is 18.0 Å². The normalized spacial score (nSPS) is 12.3. The van der Waals surface area contributed by atoms with Gasteiger partial charge >= 0.3 is 0 Å². The number of halogens is 1. The first-order valence-corrected chi connectivity index (χ1v) is 14.1. The zero-order chi connectivity index (χ0) is 26.0. The molecule has 7 nitrogen and oxygen atoms in total. The van der Waals surface area contributed by atoms with Gasteiger partial charge in [-0.1, -0.05) is 61.8 Å². The van der Waals surface area contributed by atoms with Gasteiger partial charge in [0.05, 0.1) is 11.9 Å². The van der Waals surface area contributed by atoms with Crippen molar-refractivity contribution in [3.05, 3.63) is 65.2 Å². The largest absolute Gasteiger partial charge is 0.354 e. The predicted molar refractivity (Wildman–Crippen MR) is 142 cm³/mol. The third kappa shape index (κ3) is 9.53. The molecule has 1 N–H and O–H groups in total. The van der Waals surface area contributed by atoms with Crippen molar-refractivity contribution in [3.8, 4) is 0 Å². The molecule has 0 aromatic heterocycles. The number of amides is 2. The first kappa shape index (κ1) is 28.7. The number of rotatable bonds is 13. The van der Waals surface area contributed by atoms with Crippen molar-refractivity contribution >= 4 is 39.1 Å². The monoisotopic (exact) mass is 521 g/mol. The average Bonchev–Trinajstić information content (AvgIpc) is 2.80. The Balaban J connectivity index is 2.10. The minimum atomic E-state index is -3.56. The summed E-state index contributed by atoms with van der Waals surface area (Å²) in [4.78, 5) is 27.5. The number of carbonyl (C=O) groups excluding carboxylic acids is 2. The van der Waals surface area contributed by atoms with E-state index in [2.05, 4.69) is 5.32 Å². The highest BCUT2D eigenvalue weighted by Gasteiger charge is 2.26. The minimum absolute atomic E-state index is 0.114. The van der Waals surface area contributed by atoms with E-state index in [1.807, 2.05) is 44.2 Å². The molecule has 0 saturated heterocycles. The van der Waals surface area contributed by atoms with Gasteiger partial charge in [-0.2, -0.15) is 0 Å². The summed E-state index contributed by atoms with van der Waals surface area (Å²) in [5, 5.41) is 3.33. The van der Waals surface area contributed by atoms with Gasteiger partial charge < -0.3 is 10.2 Å². The summed E-state index contributed by atoms with van der Waals surface area (Å²) in [6.45, 7) is 6.81. The number of nitrogens with one attached hydrogen (secondary N) is 1. The highest BCUT2D eigenvalue weighted by molar-refractivity contribution is 7.92. The van der Waals surface area contributed by atoms with Crippen LogP contribution in [0.5, 0.6) is 0 Å². The Morgan fingerprint density at radius 2 is 1.69 bits per heavy atom. The number of hydrogen-bond acceptors (Lipinski definition) is 4. The number of benzene rings is 2. The van der Waals surface area contributed by atoms with E-state index in [1.165, 1.54) is 4.31 Å². The third-order valence-corrected chi connectivity index (χ3v) is 7.01. The van der Waals surface area contributed by atoms with E-state index in [1.54, 1.807) is 36.1 Å². The van der Waals surface area contributed by atoms with Gasteiger partial charge in [-0.3, -0.25) is 13.9 Å². The van der Waals surface area contributed by atoms with Crippen molar-refractivity contribution in [1.29, 1.82) is 0 Å². The van der Waals surface area contributed by atoms with Crippen LogP contribution < -0.4 is 9.62 Å². The molecule has 0 radical (unpaired) electrons. The fraction of sp³-hybridized carbons (Fsp3) is 0.462. The van der Waals surface area contributed by atoms with Crippen LogP contribution in [0.15, 0.2) is 54.6 Å². The lowest BCUT2D eigenvalue weighted by atomic mass is 10.1. The molecule has 2 aromatic rings. The molecule has 0 spiro atoms. The van der Waals surface area contributed by atoms with Gasteiger partial charge in [0.2, 0.25) is 21.8 Å². The number of carbonyl (C=O) groups is 2. The van der Waals surface area contributed by atoms with Gasteiger partial charge in [0.15, 0.2) is 0 Å². The molecule has 2 aromatic carbocycles. The Labute approximate surface area is 214 Å². The Bertz CT molecular complexity index is 1080. The molecule has 192 valence electrons. The Morgan fingerprint density at radius 1 is 1.00 bits per heavy atom. The lowest BCUT2D eigenvalue weighted by Gasteiger charge is -2.29. The van der Waals surface area contributed by atoms with Crippen LogP contribution >= 0.6 is 11.6 Å². The molecule has 0 aliphatic rings. The summed E-state index contributed by atoms with van der Waals surface area (Å²) in [5.74, 6) is -0.0856. The second-order valence-corrected chi connectivity index (χ2v) is 11.4. The van der Waals surface area contributed by atoms with E-state index < -0.39 is 16.1 Å². The second kappa shape index (κ2) is 13.5. The quantitative estimate of drug-likeness (QED) is 0.429. The van der Waals surface area contributed by atoms with Crippen LogP contribution in [0.2, 0.25) is 5.02 Å². The molecule has 1 unspecified atom stereocenters. The number of sulfonamides is 1. The Hall–Kier alpha value is -2.58. The summed E-state index contributed by atoms with van der Waals surface area (Å²) >= 11 is 6.04. The molecular weight excluding hydrogens is 486 g/mol. The maximum atomic E-state index is 13.2. The van der Waals surface area contributed by atoms with Crippen molar-refractivity contribution in [2.75, 3.05) is 30.2 Å². The summed E-state index contributed by atoms with van der Waals surface area (Å²) in [7, 11) is -3.56. The van der Waals surface area contributed by atoms with Crippen molar-refractivity contribution in [2.45, 2.75) is 46.1 Å². The highest BCUT2D eigenvalue weighted by atomic mass is 35.5. The van der Waals surface area contributed by atoms with E-state index in [-0.39, 0.29) is 24.8 Å². The van der Waals surface area contributed by atoms with Crippen LogP contribution in [0.4, 0.5) is 5.69 Å². The van der Waals surface area contributed by atoms with Crippen molar-refractivity contribution in [3.63, 3.8) is 0 Å². The smallest absolute Gasteiger partial charge is 0.242 e. The van der Waals surface area contributed by atoms with Crippen LogP contribution in [-0.2, 0) is 26.0 Å². The molecule has 0 saturated carbocycles. The van der Waals surface area contributed by atoms with E-state index in [4.69, 9.17) is 11.6 Å².